The van der Waals surface area contributed by atoms with Gasteiger partial charge in [0.05, 0.1) is 18.3 Å². The Hall–Kier alpha value is -1.22. The van der Waals surface area contributed by atoms with Crippen LogP contribution in [-0.2, 0) is 0 Å². The Kier molecular flexibility index (Phi) is 4.05. The lowest BCUT2D eigenvalue weighted by atomic mass is 10.2. The van der Waals surface area contributed by atoms with Gasteiger partial charge in [0.2, 0.25) is 0 Å². The number of fused-ring (bicyclic) bond motifs is 1. The summed E-state index contributed by atoms with van der Waals surface area (Å²) in [6, 6.07) is 10.1. The largest absolute Gasteiger partial charge is 0.491 e. The molecule has 0 aliphatic heterocycles. The number of pyridine rings is 1. The fraction of sp³-hybridized carbons (Fsp3) is 0.308. The van der Waals surface area contributed by atoms with Crippen molar-refractivity contribution in [3.63, 3.8) is 0 Å². The minimum absolute atomic E-state index is 0.749. The van der Waals surface area contributed by atoms with Gasteiger partial charge in [0, 0.05) is 11.1 Å². The summed E-state index contributed by atoms with van der Waals surface area (Å²) in [5.41, 5.74) is 1.01. The van der Waals surface area contributed by atoms with E-state index < -0.39 is 0 Å². The van der Waals surface area contributed by atoms with Crippen LogP contribution in [0.4, 0.5) is 0 Å². The second-order valence-corrected chi connectivity index (χ2v) is 4.80. The zero-order valence-electron chi connectivity index (χ0n) is 9.35. The third kappa shape index (κ3) is 2.89. The van der Waals surface area contributed by atoms with Gasteiger partial charge in [0.1, 0.15) is 5.75 Å². The lowest BCUT2D eigenvalue weighted by Gasteiger charge is -2.05. The van der Waals surface area contributed by atoms with Gasteiger partial charge >= 0.3 is 0 Å². The van der Waals surface area contributed by atoms with Crippen molar-refractivity contribution in [2.75, 3.05) is 18.1 Å². The van der Waals surface area contributed by atoms with Crippen molar-refractivity contribution < 1.29 is 4.74 Å². The molecule has 0 bridgehead atoms. The monoisotopic (exact) mass is 233 g/mol. The second-order valence-electron chi connectivity index (χ2n) is 3.41. The lowest BCUT2D eigenvalue weighted by molar-refractivity contribution is 0.343. The first-order valence-corrected chi connectivity index (χ1v) is 6.61. The van der Waals surface area contributed by atoms with Crippen LogP contribution >= 0.6 is 11.8 Å². The zero-order chi connectivity index (χ0) is 11.2. The minimum Gasteiger partial charge on any atom is -0.491 e. The fourth-order valence-electron chi connectivity index (χ4n) is 1.49. The number of thioether (sulfide) groups is 1. The average molecular weight is 233 g/mol. The van der Waals surface area contributed by atoms with Crippen LogP contribution in [-0.4, -0.2) is 23.1 Å². The number of ether oxygens (including phenoxy) is 1. The third-order valence-electron chi connectivity index (χ3n) is 2.27. The number of aromatic nitrogens is 1. The summed E-state index contributed by atoms with van der Waals surface area (Å²) >= 11 is 1.89. The number of rotatable bonds is 5. The smallest absolute Gasteiger partial charge is 0.138 e. The van der Waals surface area contributed by atoms with Crippen LogP contribution in [0.15, 0.2) is 36.5 Å². The molecule has 0 aliphatic carbocycles. The van der Waals surface area contributed by atoms with Crippen molar-refractivity contribution in [1.29, 1.82) is 0 Å². The van der Waals surface area contributed by atoms with E-state index in [0.29, 0.717) is 0 Å². The van der Waals surface area contributed by atoms with Crippen molar-refractivity contribution in [3.8, 4) is 5.75 Å². The highest BCUT2D eigenvalue weighted by atomic mass is 32.2. The molecule has 3 heteroatoms. The first-order chi connectivity index (χ1) is 7.90. The predicted octanol–water partition coefficient (Wildman–Crippen LogP) is 3.37. The Morgan fingerprint density at radius 1 is 1.31 bits per heavy atom. The van der Waals surface area contributed by atoms with E-state index in [1.807, 2.05) is 36.0 Å². The molecule has 0 N–H and O–H groups in total. The molecule has 0 unspecified atom stereocenters. The van der Waals surface area contributed by atoms with E-state index in [-0.39, 0.29) is 0 Å². The van der Waals surface area contributed by atoms with Crippen molar-refractivity contribution in [3.05, 3.63) is 36.5 Å². The number of para-hydroxylation sites is 1. The molecule has 16 heavy (non-hydrogen) atoms. The highest BCUT2D eigenvalue weighted by molar-refractivity contribution is 7.99. The lowest BCUT2D eigenvalue weighted by Crippen LogP contribution is -2.00. The highest BCUT2D eigenvalue weighted by Gasteiger charge is 1.97. The van der Waals surface area contributed by atoms with Gasteiger partial charge < -0.3 is 4.74 Å². The van der Waals surface area contributed by atoms with E-state index in [4.69, 9.17) is 4.74 Å². The first kappa shape index (κ1) is 11.3. The molecular formula is C13H15NOS. The van der Waals surface area contributed by atoms with Gasteiger partial charge in [-0.15, -0.1) is 0 Å². The number of nitrogens with zero attached hydrogens (tertiary/aromatic N) is 1. The maximum Gasteiger partial charge on any atom is 0.138 e. The van der Waals surface area contributed by atoms with Crippen LogP contribution in [0.1, 0.15) is 6.92 Å². The number of hydrogen-bond acceptors (Lipinski definition) is 3. The van der Waals surface area contributed by atoms with Gasteiger partial charge in [-0.3, -0.25) is 4.98 Å². The summed E-state index contributed by atoms with van der Waals surface area (Å²) in [5, 5.41) is 1.13. The minimum atomic E-state index is 0.749. The topological polar surface area (TPSA) is 22.1 Å². The molecule has 0 atom stereocenters. The summed E-state index contributed by atoms with van der Waals surface area (Å²) in [5.74, 6) is 3.03. The molecule has 2 aromatic rings. The van der Waals surface area contributed by atoms with Crippen LogP contribution in [0.5, 0.6) is 5.75 Å². The van der Waals surface area contributed by atoms with E-state index >= 15 is 0 Å². The SMILES string of the molecule is CCSCCOc1cnc2ccccc2c1. The molecule has 0 saturated carbocycles. The average Bonchev–Trinajstić information content (AvgIpc) is 2.34. The van der Waals surface area contributed by atoms with Gasteiger partial charge in [-0.05, 0) is 17.9 Å². The van der Waals surface area contributed by atoms with Crippen molar-refractivity contribution in [2.45, 2.75) is 6.92 Å². The van der Waals surface area contributed by atoms with Crippen LogP contribution in [0.2, 0.25) is 0 Å². The Bertz CT molecular complexity index is 458. The highest BCUT2D eigenvalue weighted by Crippen LogP contribution is 2.17. The molecule has 0 spiro atoms. The normalized spacial score (nSPS) is 10.6. The number of benzene rings is 1. The molecule has 84 valence electrons. The Morgan fingerprint density at radius 2 is 2.19 bits per heavy atom. The summed E-state index contributed by atoms with van der Waals surface area (Å²) < 4.78 is 5.63. The molecule has 1 heterocycles. The molecule has 0 saturated heterocycles. The van der Waals surface area contributed by atoms with Crippen LogP contribution in [0, 0.1) is 0 Å². The summed E-state index contributed by atoms with van der Waals surface area (Å²) in [6.07, 6.45) is 1.79. The van der Waals surface area contributed by atoms with E-state index in [0.717, 1.165) is 34.8 Å². The van der Waals surface area contributed by atoms with Crippen LogP contribution in [0.25, 0.3) is 10.9 Å². The summed E-state index contributed by atoms with van der Waals surface area (Å²) in [6.45, 7) is 2.90. The Labute approximate surface area is 100 Å². The maximum atomic E-state index is 5.63. The van der Waals surface area contributed by atoms with E-state index in [1.165, 1.54) is 0 Å². The molecule has 2 nitrogen and oxygen atoms in total. The van der Waals surface area contributed by atoms with E-state index in [1.54, 1.807) is 6.20 Å². The van der Waals surface area contributed by atoms with Gasteiger partial charge in [-0.1, -0.05) is 25.1 Å². The molecule has 0 aliphatic rings. The third-order valence-corrected chi connectivity index (χ3v) is 3.13. The fourth-order valence-corrected chi connectivity index (χ4v) is 1.98. The van der Waals surface area contributed by atoms with Crippen LogP contribution < -0.4 is 4.74 Å². The Morgan fingerprint density at radius 3 is 3.06 bits per heavy atom. The molecule has 0 fully saturated rings. The van der Waals surface area contributed by atoms with Crippen molar-refractivity contribution >= 4 is 22.7 Å². The summed E-state index contributed by atoms with van der Waals surface area (Å²) in [7, 11) is 0. The molecule has 0 amide bonds. The zero-order valence-corrected chi connectivity index (χ0v) is 10.2. The molecular weight excluding hydrogens is 218 g/mol. The van der Waals surface area contributed by atoms with Crippen LogP contribution in [0.3, 0.4) is 0 Å². The molecule has 1 aromatic carbocycles. The second kappa shape index (κ2) is 5.75. The molecule has 1 aromatic heterocycles. The van der Waals surface area contributed by atoms with Gasteiger partial charge in [0.25, 0.3) is 0 Å². The standard InChI is InChI=1S/C13H15NOS/c1-2-16-8-7-15-12-9-11-5-3-4-6-13(11)14-10-12/h3-6,9-10H,2,7-8H2,1H3. The quantitative estimate of drug-likeness (QED) is 0.739. The first-order valence-electron chi connectivity index (χ1n) is 5.45. The number of hydrogen-bond donors (Lipinski definition) is 0. The summed E-state index contributed by atoms with van der Waals surface area (Å²) in [4.78, 5) is 4.35. The van der Waals surface area contributed by atoms with Gasteiger partial charge in [-0.2, -0.15) is 11.8 Å². The molecule has 0 radical (unpaired) electrons. The predicted molar refractivity (Wildman–Crippen MR) is 70.2 cm³/mol. The van der Waals surface area contributed by atoms with Crippen molar-refractivity contribution in [2.24, 2.45) is 0 Å². The Balaban J connectivity index is 2.02. The van der Waals surface area contributed by atoms with E-state index in [2.05, 4.69) is 18.0 Å². The van der Waals surface area contributed by atoms with Crippen molar-refractivity contribution in [1.82, 2.24) is 4.98 Å². The maximum absolute atomic E-state index is 5.63. The molecule has 2 rings (SSSR count). The van der Waals surface area contributed by atoms with Gasteiger partial charge in [0.15, 0.2) is 0 Å². The van der Waals surface area contributed by atoms with Gasteiger partial charge in [-0.25, -0.2) is 0 Å². The van der Waals surface area contributed by atoms with E-state index in [9.17, 15) is 0 Å².